The molecule has 180 valence electrons. The number of carbonyl (C=O) groups excluding carboxylic acids is 2. The molecule has 1 fully saturated rings. The number of hydrogen-bond donors (Lipinski definition) is 2. The van der Waals surface area contributed by atoms with Crippen molar-refractivity contribution in [3.63, 3.8) is 0 Å². The first kappa shape index (κ1) is 25.8. The molecule has 2 amide bonds. The Kier molecular flexibility index (Phi) is 9.06. The lowest BCUT2D eigenvalue weighted by Crippen LogP contribution is -2.51. The molecule has 0 aliphatic carbocycles. The summed E-state index contributed by atoms with van der Waals surface area (Å²) in [6.45, 7) is 3.58. The number of benzene rings is 2. The summed E-state index contributed by atoms with van der Waals surface area (Å²) in [5, 5.41) is 25.5. The maximum atomic E-state index is 12.5. The number of non-ortho nitro benzene ring substituents is 1. The van der Waals surface area contributed by atoms with E-state index in [0.717, 1.165) is 5.56 Å². The summed E-state index contributed by atoms with van der Waals surface area (Å²) in [4.78, 5) is 56.6. The van der Waals surface area contributed by atoms with Crippen LogP contribution in [0.15, 0.2) is 48.5 Å². The summed E-state index contributed by atoms with van der Waals surface area (Å²) in [6, 6.07) is 13.0. The van der Waals surface area contributed by atoms with Crippen molar-refractivity contribution in [3.8, 4) is 5.75 Å². The quantitative estimate of drug-likeness (QED) is 0.371. The molecule has 2 aromatic rings. The van der Waals surface area contributed by atoms with Gasteiger partial charge in [0.15, 0.2) is 6.61 Å². The zero-order chi connectivity index (χ0) is 25.3. The zero-order valence-corrected chi connectivity index (χ0v) is 18.2. The highest BCUT2D eigenvalue weighted by molar-refractivity contribution is 6.27. The van der Waals surface area contributed by atoms with Gasteiger partial charge in [-0.1, -0.05) is 12.1 Å². The monoisotopic (exact) mass is 473 g/mol. The predicted molar refractivity (Wildman–Crippen MR) is 118 cm³/mol. The van der Waals surface area contributed by atoms with E-state index in [1.807, 2.05) is 25.1 Å². The Morgan fingerprint density at radius 2 is 1.50 bits per heavy atom. The smallest absolute Gasteiger partial charge is 0.414 e. The fraction of sp³-hybridized carbons (Fsp3) is 0.273. The molecule has 1 heterocycles. The highest BCUT2D eigenvalue weighted by Gasteiger charge is 2.25. The largest absolute Gasteiger partial charge is 0.484 e. The fourth-order valence-electron chi connectivity index (χ4n) is 3.01. The molecule has 0 atom stereocenters. The van der Waals surface area contributed by atoms with Gasteiger partial charge >= 0.3 is 11.9 Å². The molecule has 1 aliphatic rings. The maximum Gasteiger partial charge on any atom is 0.414 e. The molecule has 1 aliphatic heterocycles. The van der Waals surface area contributed by atoms with E-state index in [4.69, 9.17) is 24.5 Å². The van der Waals surface area contributed by atoms with E-state index in [2.05, 4.69) is 0 Å². The van der Waals surface area contributed by atoms with E-state index in [0.29, 0.717) is 37.5 Å². The number of piperazine rings is 1. The van der Waals surface area contributed by atoms with Gasteiger partial charge in [0.1, 0.15) is 5.75 Å². The third kappa shape index (κ3) is 7.58. The van der Waals surface area contributed by atoms with E-state index in [1.54, 1.807) is 15.9 Å². The van der Waals surface area contributed by atoms with E-state index < -0.39 is 16.9 Å². The Labute approximate surface area is 194 Å². The predicted octanol–water partition coefficient (Wildman–Crippen LogP) is 1.42. The molecule has 12 nitrogen and oxygen atoms in total. The second-order valence-corrected chi connectivity index (χ2v) is 7.19. The first-order chi connectivity index (χ1) is 16.1. The SMILES string of the molecule is Cc1cccc(OCC(=O)N2CCN(C(=O)c3ccc([N+](=O)[O-])cc3)CC2)c1.O=C(O)C(=O)O. The molecule has 2 aromatic carbocycles. The third-order valence-electron chi connectivity index (χ3n) is 4.78. The maximum absolute atomic E-state index is 12.5. The van der Waals surface area contributed by atoms with Crippen molar-refractivity contribution >= 4 is 29.4 Å². The number of hydrogen-bond acceptors (Lipinski definition) is 7. The molecule has 0 unspecified atom stereocenters. The lowest BCUT2D eigenvalue weighted by molar-refractivity contribution is -0.384. The van der Waals surface area contributed by atoms with Crippen LogP contribution in [0.25, 0.3) is 0 Å². The van der Waals surface area contributed by atoms with Crippen LogP contribution in [0.4, 0.5) is 5.69 Å². The lowest BCUT2D eigenvalue weighted by atomic mass is 10.1. The van der Waals surface area contributed by atoms with Crippen molar-refractivity contribution in [1.82, 2.24) is 9.80 Å². The Bertz CT molecular complexity index is 1050. The van der Waals surface area contributed by atoms with Gasteiger partial charge in [-0.2, -0.15) is 0 Å². The van der Waals surface area contributed by atoms with Crippen molar-refractivity contribution in [1.29, 1.82) is 0 Å². The number of nitro groups is 1. The third-order valence-corrected chi connectivity index (χ3v) is 4.78. The van der Waals surface area contributed by atoms with E-state index >= 15 is 0 Å². The first-order valence-electron chi connectivity index (χ1n) is 10.1. The number of ether oxygens (including phenoxy) is 1. The van der Waals surface area contributed by atoms with Crippen LogP contribution >= 0.6 is 0 Å². The number of nitro benzene ring substituents is 1. The second kappa shape index (κ2) is 11.9. The molecule has 0 saturated carbocycles. The van der Waals surface area contributed by atoms with Gasteiger partial charge in [0.25, 0.3) is 17.5 Å². The van der Waals surface area contributed by atoms with E-state index in [9.17, 15) is 19.7 Å². The first-order valence-corrected chi connectivity index (χ1v) is 10.1. The van der Waals surface area contributed by atoms with Crippen LogP contribution in [0, 0.1) is 17.0 Å². The minimum absolute atomic E-state index is 0.0419. The van der Waals surface area contributed by atoms with Crippen LogP contribution in [0.2, 0.25) is 0 Å². The van der Waals surface area contributed by atoms with Gasteiger partial charge in [-0.15, -0.1) is 0 Å². The minimum Gasteiger partial charge on any atom is -0.484 e. The van der Waals surface area contributed by atoms with E-state index in [1.165, 1.54) is 24.3 Å². The molecular formula is C22H23N3O9. The van der Waals surface area contributed by atoms with Crippen molar-refractivity contribution < 1.29 is 39.1 Å². The van der Waals surface area contributed by atoms with Crippen LogP contribution in [0.1, 0.15) is 15.9 Å². The topological polar surface area (TPSA) is 168 Å². The number of aryl methyl sites for hydroxylation is 1. The van der Waals surface area contributed by atoms with Crippen LogP contribution in [-0.4, -0.2) is 81.5 Å². The minimum atomic E-state index is -1.82. The molecule has 12 heteroatoms. The average molecular weight is 473 g/mol. The fourth-order valence-corrected chi connectivity index (χ4v) is 3.01. The van der Waals surface area contributed by atoms with Crippen LogP contribution in [-0.2, 0) is 14.4 Å². The standard InChI is InChI=1S/C20H21N3O5.C2H2O4/c1-15-3-2-4-18(13-15)28-14-19(24)21-9-11-22(12-10-21)20(25)16-5-7-17(8-6-16)23(26)27;3-1(4)2(5)6/h2-8,13H,9-12,14H2,1H3;(H,3,4)(H,5,6). The highest BCUT2D eigenvalue weighted by Crippen LogP contribution is 2.15. The number of rotatable bonds is 5. The number of nitrogens with zero attached hydrogens (tertiary/aromatic N) is 3. The molecule has 3 rings (SSSR count). The number of carboxylic acid groups (broad SMARTS) is 2. The number of aliphatic carboxylic acids is 2. The summed E-state index contributed by atoms with van der Waals surface area (Å²) in [5.74, 6) is -3.31. The van der Waals surface area contributed by atoms with Gasteiger partial charge in [0.2, 0.25) is 0 Å². The summed E-state index contributed by atoms with van der Waals surface area (Å²) < 4.78 is 5.55. The normalized spacial score (nSPS) is 12.7. The van der Waals surface area contributed by atoms with Crippen molar-refractivity contribution in [3.05, 3.63) is 69.8 Å². The van der Waals surface area contributed by atoms with Crippen molar-refractivity contribution in [2.75, 3.05) is 32.8 Å². The molecule has 34 heavy (non-hydrogen) atoms. The summed E-state index contributed by atoms with van der Waals surface area (Å²) in [5.41, 5.74) is 1.40. The van der Waals surface area contributed by atoms with Gasteiger partial charge in [-0.25, -0.2) is 9.59 Å². The van der Waals surface area contributed by atoms with Crippen molar-refractivity contribution in [2.24, 2.45) is 0 Å². The Balaban J connectivity index is 0.000000604. The van der Waals surface area contributed by atoms with Gasteiger partial charge in [0, 0.05) is 43.9 Å². The molecule has 0 aromatic heterocycles. The summed E-state index contributed by atoms with van der Waals surface area (Å²) in [7, 11) is 0. The Hall–Kier alpha value is -4.48. The Morgan fingerprint density at radius 3 is 2.00 bits per heavy atom. The van der Waals surface area contributed by atoms with E-state index in [-0.39, 0.29) is 24.1 Å². The molecule has 0 spiro atoms. The van der Waals surface area contributed by atoms with Gasteiger partial charge < -0.3 is 24.7 Å². The van der Waals surface area contributed by atoms with Crippen LogP contribution in [0.3, 0.4) is 0 Å². The second-order valence-electron chi connectivity index (χ2n) is 7.19. The van der Waals surface area contributed by atoms with Gasteiger partial charge in [0.05, 0.1) is 4.92 Å². The molecule has 1 saturated heterocycles. The van der Waals surface area contributed by atoms with Crippen molar-refractivity contribution in [2.45, 2.75) is 6.92 Å². The van der Waals surface area contributed by atoms with Crippen LogP contribution < -0.4 is 4.74 Å². The average Bonchev–Trinajstić information content (AvgIpc) is 2.82. The molecule has 2 N–H and O–H groups in total. The Morgan fingerprint density at radius 1 is 0.941 bits per heavy atom. The molecule has 0 bridgehead atoms. The molecular weight excluding hydrogens is 450 g/mol. The van der Waals surface area contributed by atoms with Crippen LogP contribution in [0.5, 0.6) is 5.75 Å². The lowest BCUT2D eigenvalue weighted by Gasteiger charge is -2.34. The highest BCUT2D eigenvalue weighted by atomic mass is 16.6. The van der Waals surface area contributed by atoms with Gasteiger partial charge in [-0.3, -0.25) is 19.7 Å². The summed E-state index contributed by atoms with van der Waals surface area (Å²) >= 11 is 0. The number of carboxylic acids is 2. The number of carbonyl (C=O) groups is 4. The number of amides is 2. The molecule has 0 radical (unpaired) electrons. The zero-order valence-electron chi connectivity index (χ0n) is 18.2. The summed E-state index contributed by atoms with van der Waals surface area (Å²) in [6.07, 6.45) is 0. The van der Waals surface area contributed by atoms with Gasteiger partial charge in [-0.05, 0) is 36.8 Å².